The van der Waals surface area contributed by atoms with E-state index in [1.807, 2.05) is 0 Å². The van der Waals surface area contributed by atoms with Crippen LogP contribution >= 0.6 is 15.9 Å². The molecule has 1 aromatic heterocycles. The van der Waals surface area contributed by atoms with E-state index >= 15 is 0 Å². The number of guanidine groups is 1. The van der Waals surface area contributed by atoms with Crippen LogP contribution in [0, 0.1) is 0 Å². The van der Waals surface area contributed by atoms with Crippen molar-refractivity contribution in [3.8, 4) is 0 Å². The predicted molar refractivity (Wildman–Crippen MR) is 81.9 cm³/mol. The van der Waals surface area contributed by atoms with Crippen molar-refractivity contribution in [2.24, 2.45) is 16.5 Å². The number of aromatic nitrogens is 1. The SMILES string of the molecule is NC(N)=NCCCC[C@H](NC(=O)c1cc(Br)c[nH]1)C(=O)O. The Balaban J connectivity index is 2.45. The fourth-order valence-corrected chi connectivity index (χ4v) is 2.00. The average Bonchev–Trinajstić information content (AvgIpc) is 2.83. The first-order valence-corrected chi connectivity index (χ1v) is 7.12. The summed E-state index contributed by atoms with van der Waals surface area (Å²) in [4.78, 5) is 29.6. The zero-order chi connectivity index (χ0) is 15.8. The number of nitrogens with one attached hydrogen (secondary N) is 2. The molecule has 1 amide bonds. The molecular formula is C12H18BrN5O3. The van der Waals surface area contributed by atoms with Crippen LogP contribution in [0.15, 0.2) is 21.7 Å². The zero-order valence-electron chi connectivity index (χ0n) is 11.3. The van der Waals surface area contributed by atoms with Gasteiger partial charge in [-0.05, 0) is 41.3 Å². The van der Waals surface area contributed by atoms with Crippen LogP contribution in [0.1, 0.15) is 29.8 Å². The van der Waals surface area contributed by atoms with E-state index in [2.05, 4.69) is 31.2 Å². The molecule has 1 heterocycles. The van der Waals surface area contributed by atoms with Gasteiger partial charge in [0.15, 0.2) is 5.96 Å². The smallest absolute Gasteiger partial charge is 0.326 e. The number of carboxylic acids is 1. The number of nitrogens with two attached hydrogens (primary N) is 2. The monoisotopic (exact) mass is 359 g/mol. The van der Waals surface area contributed by atoms with E-state index in [-0.39, 0.29) is 5.96 Å². The molecule has 1 rings (SSSR count). The van der Waals surface area contributed by atoms with Crippen LogP contribution in [0.4, 0.5) is 0 Å². The number of H-pyrrole nitrogens is 1. The van der Waals surface area contributed by atoms with E-state index < -0.39 is 17.9 Å². The van der Waals surface area contributed by atoms with Crippen molar-refractivity contribution in [1.82, 2.24) is 10.3 Å². The van der Waals surface area contributed by atoms with Crippen molar-refractivity contribution in [3.05, 3.63) is 22.4 Å². The highest BCUT2D eigenvalue weighted by atomic mass is 79.9. The maximum Gasteiger partial charge on any atom is 0.326 e. The Morgan fingerprint density at radius 3 is 2.67 bits per heavy atom. The summed E-state index contributed by atoms with van der Waals surface area (Å²) in [6.45, 7) is 0.437. The summed E-state index contributed by atoms with van der Waals surface area (Å²) in [6.07, 6.45) is 3.14. The fraction of sp³-hybridized carbons (Fsp3) is 0.417. The maximum absolute atomic E-state index is 11.9. The van der Waals surface area contributed by atoms with E-state index in [1.54, 1.807) is 12.3 Å². The maximum atomic E-state index is 11.9. The molecule has 7 N–H and O–H groups in total. The van der Waals surface area contributed by atoms with Crippen molar-refractivity contribution in [3.63, 3.8) is 0 Å². The summed E-state index contributed by atoms with van der Waals surface area (Å²) in [5.41, 5.74) is 10.7. The Morgan fingerprint density at radius 1 is 1.43 bits per heavy atom. The fourth-order valence-electron chi connectivity index (χ4n) is 1.66. The van der Waals surface area contributed by atoms with Gasteiger partial charge in [0.25, 0.3) is 5.91 Å². The van der Waals surface area contributed by atoms with E-state index in [0.717, 1.165) is 4.47 Å². The number of carbonyl (C=O) groups excluding carboxylic acids is 1. The minimum absolute atomic E-state index is 0.00964. The number of aliphatic carboxylic acids is 1. The molecule has 0 aromatic carbocycles. The summed E-state index contributed by atoms with van der Waals surface area (Å²) in [5.74, 6) is -1.52. The number of nitrogens with zero attached hydrogens (tertiary/aromatic N) is 1. The van der Waals surface area contributed by atoms with Gasteiger partial charge in [0, 0.05) is 17.2 Å². The van der Waals surface area contributed by atoms with Crippen molar-refractivity contribution >= 4 is 33.8 Å². The number of aliphatic imine (C=N–C) groups is 1. The number of hydrogen-bond donors (Lipinski definition) is 5. The highest BCUT2D eigenvalue weighted by Gasteiger charge is 2.20. The lowest BCUT2D eigenvalue weighted by atomic mass is 10.1. The van der Waals surface area contributed by atoms with Gasteiger partial charge in [-0.2, -0.15) is 0 Å². The Kier molecular flexibility index (Phi) is 6.73. The molecule has 0 aliphatic rings. The molecule has 9 heteroatoms. The molecule has 21 heavy (non-hydrogen) atoms. The summed E-state index contributed by atoms with van der Waals surface area (Å²) in [6, 6.07) is 0.631. The summed E-state index contributed by atoms with van der Waals surface area (Å²) in [5, 5.41) is 11.6. The van der Waals surface area contributed by atoms with Crippen LogP contribution in [0.2, 0.25) is 0 Å². The molecule has 0 saturated heterocycles. The quantitative estimate of drug-likeness (QED) is 0.259. The van der Waals surface area contributed by atoms with Crippen molar-refractivity contribution < 1.29 is 14.7 Å². The van der Waals surface area contributed by atoms with Crippen molar-refractivity contribution in [2.75, 3.05) is 6.54 Å². The van der Waals surface area contributed by atoms with Crippen LogP contribution in [0.25, 0.3) is 0 Å². The Hall–Kier alpha value is -2.03. The Morgan fingerprint density at radius 2 is 2.14 bits per heavy atom. The molecule has 0 fully saturated rings. The van der Waals surface area contributed by atoms with Crippen molar-refractivity contribution in [2.45, 2.75) is 25.3 Å². The first-order valence-electron chi connectivity index (χ1n) is 6.33. The number of carboxylic acid groups (broad SMARTS) is 1. The molecule has 116 valence electrons. The molecule has 0 aliphatic heterocycles. The largest absolute Gasteiger partial charge is 0.480 e. The van der Waals surface area contributed by atoms with Crippen LogP contribution in [0.3, 0.4) is 0 Å². The molecule has 1 aromatic rings. The summed E-state index contributed by atoms with van der Waals surface area (Å²) < 4.78 is 0.719. The van der Waals surface area contributed by atoms with E-state index in [1.165, 1.54) is 0 Å². The molecule has 0 saturated carbocycles. The molecule has 0 aliphatic carbocycles. The van der Waals surface area contributed by atoms with Gasteiger partial charge in [0.05, 0.1) is 0 Å². The number of unbranched alkanes of at least 4 members (excludes halogenated alkanes) is 1. The third-order valence-electron chi connectivity index (χ3n) is 2.69. The third kappa shape index (κ3) is 6.30. The minimum Gasteiger partial charge on any atom is -0.480 e. The second-order valence-electron chi connectivity index (χ2n) is 4.40. The van der Waals surface area contributed by atoms with Gasteiger partial charge in [0.2, 0.25) is 0 Å². The first kappa shape index (κ1) is 17.0. The van der Waals surface area contributed by atoms with Gasteiger partial charge in [0.1, 0.15) is 11.7 Å². The molecule has 0 spiro atoms. The highest BCUT2D eigenvalue weighted by molar-refractivity contribution is 9.10. The number of amides is 1. The number of rotatable bonds is 8. The van der Waals surface area contributed by atoms with E-state index in [9.17, 15) is 9.59 Å². The number of carbonyl (C=O) groups is 2. The Labute approximate surface area is 130 Å². The highest BCUT2D eigenvalue weighted by Crippen LogP contribution is 2.11. The third-order valence-corrected chi connectivity index (χ3v) is 3.15. The molecule has 1 atom stereocenters. The molecule has 0 unspecified atom stereocenters. The molecule has 0 bridgehead atoms. The van der Waals surface area contributed by atoms with Crippen LogP contribution in [-0.4, -0.2) is 40.5 Å². The molecular weight excluding hydrogens is 342 g/mol. The second kappa shape index (κ2) is 8.30. The molecule has 8 nitrogen and oxygen atoms in total. The first-order chi connectivity index (χ1) is 9.90. The number of aromatic amines is 1. The van der Waals surface area contributed by atoms with Crippen LogP contribution in [-0.2, 0) is 4.79 Å². The lowest BCUT2D eigenvalue weighted by molar-refractivity contribution is -0.139. The normalized spacial score (nSPS) is 11.7. The lowest BCUT2D eigenvalue weighted by Gasteiger charge is -2.13. The zero-order valence-corrected chi connectivity index (χ0v) is 12.9. The van der Waals surface area contributed by atoms with Crippen molar-refractivity contribution in [1.29, 1.82) is 0 Å². The van der Waals surface area contributed by atoms with Gasteiger partial charge < -0.3 is 26.9 Å². The molecule has 0 radical (unpaired) electrons. The van der Waals surface area contributed by atoms with Gasteiger partial charge in [-0.1, -0.05) is 0 Å². The average molecular weight is 360 g/mol. The van der Waals surface area contributed by atoms with Gasteiger partial charge in [-0.15, -0.1) is 0 Å². The predicted octanol–water partition coefficient (Wildman–Crippen LogP) is 0.404. The minimum atomic E-state index is -1.07. The van der Waals surface area contributed by atoms with Gasteiger partial charge >= 0.3 is 5.97 Å². The van der Waals surface area contributed by atoms with Crippen LogP contribution in [0.5, 0.6) is 0 Å². The lowest BCUT2D eigenvalue weighted by Crippen LogP contribution is -2.40. The second-order valence-corrected chi connectivity index (χ2v) is 5.31. The summed E-state index contributed by atoms with van der Waals surface area (Å²) >= 11 is 3.21. The van der Waals surface area contributed by atoms with Gasteiger partial charge in [-0.25, -0.2) is 4.79 Å². The number of hydrogen-bond acceptors (Lipinski definition) is 3. The van der Waals surface area contributed by atoms with E-state index in [0.29, 0.717) is 31.5 Å². The Bertz CT molecular complexity index is 525. The topological polar surface area (TPSA) is 147 Å². The number of halogens is 1. The summed E-state index contributed by atoms with van der Waals surface area (Å²) in [7, 11) is 0. The standard InChI is InChI=1S/C12H18BrN5O3/c13-7-5-9(17-6-7)10(19)18-8(11(20)21)3-1-2-4-16-12(14)15/h5-6,8,17H,1-4H2,(H,18,19)(H,20,21)(H4,14,15,16)/t8-/m0/s1. The van der Waals surface area contributed by atoms with Gasteiger partial charge in [-0.3, -0.25) is 9.79 Å². The van der Waals surface area contributed by atoms with E-state index in [4.69, 9.17) is 16.6 Å². The van der Waals surface area contributed by atoms with Crippen LogP contribution < -0.4 is 16.8 Å².